The lowest BCUT2D eigenvalue weighted by Crippen LogP contribution is -2.55. The highest BCUT2D eigenvalue weighted by atomic mass is 16.2. The van der Waals surface area contributed by atoms with E-state index in [0.717, 1.165) is 51.9 Å². The molecule has 138 valence electrons. The fraction of sp³-hybridized carbons (Fsp3) is 0.947. The zero-order valence-electron chi connectivity index (χ0n) is 16.1. The van der Waals surface area contributed by atoms with Crippen LogP contribution in [0.1, 0.15) is 33.6 Å². The van der Waals surface area contributed by atoms with Gasteiger partial charge in [0, 0.05) is 45.3 Å². The van der Waals surface area contributed by atoms with Gasteiger partial charge in [0.05, 0.1) is 5.92 Å². The van der Waals surface area contributed by atoms with E-state index in [4.69, 9.17) is 0 Å². The van der Waals surface area contributed by atoms with Gasteiger partial charge in [-0.05, 0) is 44.9 Å². The molecule has 5 heteroatoms. The molecule has 1 amide bonds. The van der Waals surface area contributed by atoms with Gasteiger partial charge < -0.3 is 14.7 Å². The second kappa shape index (κ2) is 7.30. The summed E-state index contributed by atoms with van der Waals surface area (Å²) in [7, 11) is 2.22. The van der Waals surface area contributed by atoms with Gasteiger partial charge in [0.25, 0.3) is 0 Å². The fourth-order valence-electron chi connectivity index (χ4n) is 4.80. The van der Waals surface area contributed by atoms with Crippen molar-refractivity contribution in [1.82, 2.24) is 19.6 Å². The molecular formula is C19H36N4O. The van der Waals surface area contributed by atoms with Crippen LogP contribution in [-0.2, 0) is 4.79 Å². The predicted molar refractivity (Wildman–Crippen MR) is 98.1 cm³/mol. The van der Waals surface area contributed by atoms with Gasteiger partial charge in [0.2, 0.25) is 5.91 Å². The standard InChI is InChI=1S/C19H36N4O/c1-5-21-14-17(19(2,3)15-21)18(24)23-12-10-22(11-13-23)16-6-8-20(4)9-7-16/h16-17H,5-15H2,1-4H3/t17-/m1/s1. The van der Waals surface area contributed by atoms with Gasteiger partial charge in [-0.15, -0.1) is 0 Å². The van der Waals surface area contributed by atoms with Crippen molar-refractivity contribution in [3.63, 3.8) is 0 Å². The molecule has 0 aromatic carbocycles. The van der Waals surface area contributed by atoms with Crippen LogP contribution in [0.4, 0.5) is 0 Å². The smallest absolute Gasteiger partial charge is 0.227 e. The number of carbonyl (C=O) groups excluding carboxylic acids is 1. The summed E-state index contributed by atoms with van der Waals surface area (Å²) < 4.78 is 0. The van der Waals surface area contributed by atoms with E-state index in [1.54, 1.807) is 0 Å². The van der Waals surface area contributed by atoms with Crippen molar-refractivity contribution >= 4 is 5.91 Å². The van der Waals surface area contributed by atoms with E-state index in [1.165, 1.54) is 25.9 Å². The van der Waals surface area contributed by atoms with Gasteiger partial charge >= 0.3 is 0 Å². The number of piperazine rings is 1. The molecule has 0 aromatic heterocycles. The number of rotatable bonds is 3. The van der Waals surface area contributed by atoms with Crippen molar-refractivity contribution in [2.45, 2.75) is 39.7 Å². The molecular weight excluding hydrogens is 300 g/mol. The molecule has 3 aliphatic heterocycles. The first-order valence-electron chi connectivity index (χ1n) is 9.84. The molecule has 0 aliphatic carbocycles. The minimum atomic E-state index is 0.109. The first kappa shape index (κ1) is 18.2. The van der Waals surface area contributed by atoms with Gasteiger partial charge in [-0.2, -0.15) is 0 Å². The third-order valence-corrected chi connectivity index (χ3v) is 6.59. The van der Waals surface area contributed by atoms with E-state index in [2.05, 4.69) is 47.4 Å². The Labute approximate surface area is 147 Å². The van der Waals surface area contributed by atoms with Crippen molar-refractivity contribution in [2.24, 2.45) is 11.3 Å². The molecule has 0 unspecified atom stereocenters. The van der Waals surface area contributed by atoms with Crippen LogP contribution in [0.2, 0.25) is 0 Å². The first-order chi connectivity index (χ1) is 11.4. The molecule has 3 fully saturated rings. The van der Waals surface area contributed by atoms with Crippen LogP contribution in [0.5, 0.6) is 0 Å². The summed E-state index contributed by atoms with van der Waals surface area (Å²) in [5, 5.41) is 0. The van der Waals surface area contributed by atoms with Gasteiger partial charge in [-0.1, -0.05) is 20.8 Å². The number of likely N-dealkylation sites (tertiary alicyclic amines) is 2. The summed E-state index contributed by atoms with van der Waals surface area (Å²) >= 11 is 0. The highest BCUT2D eigenvalue weighted by Gasteiger charge is 2.45. The molecule has 0 N–H and O–H groups in total. The van der Waals surface area contributed by atoms with Crippen LogP contribution in [-0.4, -0.2) is 97.5 Å². The summed E-state index contributed by atoms with van der Waals surface area (Å²) in [6.45, 7) is 16.2. The molecule has 3 heterocycles. The Morgan fingerprint density at radius 3 is 2.21 bits per heavy atom. The Morgan fingerprint density at radius 2 is 1.67 bits per heavy atom. The van der Waals surface area contributed by atoms with E-state index < -0.39 is 0 Å². The number of piperidine rings is 1. The maximum atomic E-state index is 13.1. The van der Waals surface area contributed by atoms with Crippen molar-refractivity contribution in [2.75, 3.05) is 66.0 Å². The van der Waals surface area contributed by atoms with Crippen molar-refractivity contribution < 1.29 is 4.79 Å². The number of nitrogens with zero attached hydrogens (tertiary/aromatic N) is 4. The normalized spacial score (nSPS) is 30.8. The maximum Gasteiger partial charge on any atom is 0.227 e. The maximum absolute atomic E-state index is 13.1. The lowest BCUT2D eigenvalue weighted by atomic mass is 9.81. The van der Waals surface area contributed by atoms with Crippen LogP contribution >= 0.6 is 0 Å². The van der Waals surface area contributed by atoms with E-state index in [1.807, 2.05) is 0 Å². The lowest BCUT2D eigenvalue weighted by molar-refractivity contribution is -0.140. The summed E-state index contributed by atoms with van der Waals surface area (Å²) in [5.41, 5.74) is 0.109. The lowest BCUT2D eigenvalue weighted by Gasteiger charge is -2.43. The topological polar surface area (TPSA) is 30.0 Å². The Balaban J connectivity index is 1.52. The third-order valence-electron chi connectivity index (χ3n) is 6.59. The zero-order valence-corrected chi connectivity index (χ0v) is 16.1. The van der Waals surface area contributed by atoms with Crippen molar-refractivity contribution in [3.8, 4) is 0 Å². The second-order valence-electron chi connectivity index (χ2n) is 8.76. The quantitative estimate of drug-likeness (QED) is 0.775. The third kappa shape index (κ3) is 3.78. The van der Waals surface area contributed by atoms with Crippen LogP contribution in [0.25, 0.3) is 0 Å². The average molecular weight is 337 g/mol. The molecule has 24 heavy (non-hydrogen) atoms. The van der Waals surface area contributed by atoms with Gasteiger partial charge in [0.1, 0.15) is 0 Å². The Kier molecular flexibility index (Phi) is 5.52. The number of amides is 1. The predicted octanol–water partition coefficient (Wildman–Crippen LogP) is 1.20. The molecule has 5 nitrogen and oxygen atoms in total. The molecule has 3 saturated heterocycles. The van der Waals surface area contributed by atoms with Crippen LogP contribution in [0.15, 0.2) is 0 Å². The highest BCUT2D eigenvalue weighted by molar-refractivity contribution is 5.80. The van der Waals surface area contributed by atoms with E-state index in [9.17, 15) is 4.79 Å². The van der Waals surface area contributed by atoms with Crippen molar-refractivity contribution in [1.29, 1.82) is 0 Å². The average Bonchev–Trinajstić information content (AvgIpc) is 2.90. The molecule has 0 aromatic rings. The molecule has 0 bridgehead atoms. The number of hydrogen-bond donors (Lipinski definition) is 0. The molecule has 1 atom stereocenters. The second-order valence-corrected chi connectivity index (χ2v) is 8.76. The molecule has 3 aliphatic rings. The minimum absolute atomic E-state index is 0.109. The van der Waals surface area contributed by atoms with E-state index in [-0.39, 0.29) is 11.3 Å². The van der Waals surface area contributed by atoms with E-state index in [0.29, 0.717) is 5.91 Å². The molecule has 0 radical (unpaired) electrons. The largest absolute Gasteiger partial charge is 0.340 e. The summed E-state index contributed by atoms with van der Waals surface area (Å²) in [6, 6.07) is 0.733. The zero-order chi connectivity index (χ0) is 17.3. The van der Waals surface area contributed by atoms with Crippen LogP contribution in [0, 0.1) is 11.3 Å². The first-order valence-corrected chi connectivity index (χ1v) is 9.84. The SMILES string of the molecule is CCN1C[C@H](C(=O)N2CCN(C3CCN(C)CC3)CC2)C(C)(C)C1. The Bertz CT molecular complexity index is 437. The van der Waals surface area contributed by atoms with Gasteiger partial charge in [0.15, 0.2) is 0 Å². The number of hydrogen-bond acceptors (Lipinski definition) is 4. The molecule has 0 saturated carbocycles. The van der Waals surface area contributed by atoms with Gasteiger partial charge in [-0.3, -0.25) is 9.69 Å². The molecule has 3 rings (SSSR count). The summed E-state index contributed by atoms with van der Waals surface area (Å²) in [6.07, 6.45) is 2.57. The Hall–Kier alpha value is -0.650. The Morgan fingerprint density at radius 1 is 1.04 bits per heavy atom. The van der Waals surface area contributed by atoms with Crippen molar-refractivity contribution in [3.05, 3.63) is 0 Å². The van der Waals surface area contributed by atoms with Crippen LogP contribution < -0.4 is 0 Å². The monoisotopic (exact) mass is 336 g/mol. The van der Waals surface area contributed by atoms with Crippen LogP contribution in [0.3, 0.4) is 0 Å². The highest BCUT2D eigenvalue weighted by Crippen LogP contribution is 2.36. The van der Waals surface area contributed by atoms with Gasteiger partial charge in [-0.25, -0.2) is 0 Å². The fourth-order valence-corrected chi connectivity index (χ4v) is 4.80. The van der Waals surface area contributed by atoms with E-state index >= 15 is 0 Å². The number of carbonyl (C=O) groups is 1. The minimum Gasteiger partial charge on any atom is -0.340 e. The summed E-state index contributed by atoms with van der Waals surface area (Å²) in [4.78, 5) is 22.7. The summed E-state index contributed by atoms with van der Waals surface area (Å²) in [5.74, 6) is 0.575. The molecule has 0 spiro atoms.